The van der Waals surface area contributed by atoms with Gasteiger partial charge in [-0.2, -0.15) is 0 Å². The fraction of sp³-hybridized carbons (Fsp3) is 0.583. The number of unbranched alkanes of at least 4 members (excludes halogenated alkanes) is 1. The van der Waals surface area contributed by atoms with E-state index in [2.05, 4.69) is 0 Å². The number of Topliss-reactive ketones (excluding diaryl/α,β-unsaturated/α-hetero) is 2. The first-order chi connectivity index (χ1) is 8.02. The molecule has 0 heterocycles. The molecule has 5 heteroatoms. The zero-order valence-electron chi connectivity index (χ0n) is 9.46. The number of carboxylic acid groups (broad SMARTS) is 1. The van der Waals surface area contributed by atoms with Gasteiger partial charge >= 0.3 is 5.97 Å². The minimum absolute atomic E-state index is 0.0731. The van der Waals surface area contributed by atoms with Crippen LogP contribution in [-0.4, -0.2) is 33.9 Å². The van der Waals surface area contributed by atoms with Gasteiger partial charge in [-0.15, -0.1) is 0 Å². The molecule has 0 aromatic rings. The van der Waals surface area contributed by atoms with Crippen molar-refractivity contribution in [2.24, 2.45) is 5.92 Å². The fourth-order valence-electron chi connectivity index (χ4n) is 1.79. The Labute approximate surface area is 99.1 Å². The van der Waals surface area contributed by atoms with Gasteiger partial charge in [0, 0.05) is 12.8 Å². The first-order valence-electron chi connectivity index (χ1n) is 5.63. The second kappa shape index (κ2) is 6.30. The number of hydrogen-bond acceptors (Lipinski definition) is 4. The van der Waals surface area contributed by atoms with Gasteiger partial charge in [-0.3, -0.25) is 14.4 Å². The van der Waals surface area contributed by atoms with E-state index in [9.17, 15) is 19.5 Å². The van der Waals surface area contributed by atoms with Gasteiger partial charge in [0.15, 0.2) is 5.78 Å². The Morgan fingerprint density at radius 1 is 1.35 bits per heavy atom. The molecule has 1 saturated carbocycles. The highest BCUT2D eigenvalue weighted by Crippen LogP contribution is 2.21. The molecule has 1 fully saturated rings. The minimum Gasteiger partial charge on any atom is -0.481 e. The number of aliphatic carboxylic acids is 1. The van der Waals surface area contributed by atoms with Crippen LogP contribution >= 0.6 is 0 Å². The average Bonchev–Trinajstić information content (AvgIpc) is 2.48. The molecule has 0 aliphatic heterocycles. The van der Waals surface area contributed by atoms with E-state index >= 15 is 0 Å². The largest absolute Gasteiger partial charge is 0.481 e. The van der Waals surface area contributed by atoms with Gasteiger partial charge in [0.25, 0.3) is 0 Å². The highest BCUT2D eigenvalue weighted by atomic mass is 16.4. The minimum atomic E-state index is -1.13. The summed E-state index contributed by atoms with van der Waals surface area (Å²) in [6.45, 7) is 0. The van der Waals surface area contributed by atoms with Crippen molar-refractivity contribution in [1.29, 1.82) is 0 Å². The molecule has 0 saturated heterocycles. The van der Waals surface area contributed by atoms with Crippen molar-refractivity contribution in [1.82, 2.24) is 0 Å². The summed E-state index contributed by atoms with van der Waals surface area (Å²) in [6, 6.07) is 0. The highest BCUT2D eigenvalue weighted by molar-refractivity contribution is 6.11. The molecule has 2 N–H and O–H groups in total. The molecule has 94 valence electrons. The Morgan fingerprint density at radius 2 is 2.06 bits per heavy atom. The van der Waals surface area contributed by atoms with Crippen LogP contribution in [0.25, 0.3) is 0 Å². The maximum absolute atomic E-state index is 11.3. The van der Waals surface area contributed by atoms with Crippen LogP contribution < -0.4 is 0 Å². The Morgan fingerprint density at radius 3 is 2.59 bits per heavy atom. The number of ketones is 2. The van der Waals surface area contributed by atoms with Crippen LogP contribution in [-0.2, 0) is 14.4 Å². The molecule has 0 spiro atoms. The van der Waals surface area contributed by atoms with Crippen molar-refractivity contribution in [2.45, 2.75) is 38.2 Å². The van der Waals surface area contributed by atoms with Crippen LogP contribution in [0.1, 0.15) is 32.1 Å². The van der Waals surface area contributed by atoms with E-state index in [1.165, 1.54) is 0 Å². The van der Waals surface area contributed by atoms with Gasteiger partial charge < -0.3 is 10.2 Å². The van der Waals surface area contributed by atoms with Crippen molar-refractivity contribution >= 4 is 17.5 Å². The summed E-state index contributed by atoms with van der Waals surface area (Å²) in [5.41, 5.74) is 0. The van der Waals surface area contributed by atoms with E-state index in [-0.39, 0.29) is 18.6 Å². The molecule has 1 rings (SSSR count). The number of rotatable bonds is 6. The van der Waals surface area contributed by atoms with E-state index in [1.807, 2.05) is 0 Å². The number of aliphatic hydroxyl groups is 1. The third-order valence-corrected chi connectivity index (χ3v) is 2.75. The molecule has 0 aromatic carbocycles. The van der Waals surface area contributed by atoms with E-state index in [0.29, 0.717) is 19.3 Å². The highest BCUT2D eigenvalue weighted by Gasteiger charge is 2.38. The van der Waals surface area contributed by atoms with Crippen LogP contribution in [0.4, 0.5) is 0 Å². The SMILES string of the molecule is O=C(O)CCCC=CC[C@@H]1C(=O)C[C@H](O)C1=O. The molecule has 0 aromatic heterocycles. The molecule has 0 bridgehead atoms. The summed E-state index contributed by atoms with van der Waals surface area (Å²) in [5, 5.41) is 17.6. The van der Waals surface area contributed by atoms with Gasteiger partial charge in [-0.1, -0.05) is 12.2 Å². The molecule has 0 amide bonds. The first-order valence-corrected chi connectivity index (χ1v) is 5.63. The van der Waals surface area contributed by atoms with Gasteiger partial charge in [0.1, 0.15) is 11.9 Å². The zero-order chi connectivity index (χ0) is 12.8. The average molecular weight is 240 g/mol. The monoisotopic (exact) mass is 240 g/mol. The van der Waals surface area contributed by atoms with Crippen molar-refractivity contribution in [2.75, 3.05) is 0 Å². The molecule has 0 unspecified atom stereocenters. The van der Waals surface area contributed by atoms with Crippen LogP contribution in [0.2, 0.25) is 0 Å². The van der Waals surface area contributed by atoms with Crippen LogP contribution in [0.15, 0.2) is 12.2 Å². The smallest absolute Gasteiger partial charge is 0.303 e. The van der Waals surface area contributed by atoms with Gasteiger partial charge in [0.2, 0.25) is 0 Å². The Balaban J connectivity index is 2.26. The van der Waals surface area contributed by atoms with Crippen molar-refractivity contribution < 1.29 is 24.6 Å². The summed E-state index contributed by atoms with van der Waals surface area (Å²) in [7, 11) is 0. The predicted molar refractivity (Wildman–Crippen MR) is 59.4 cm³/mol. The molecule has 1 aliphatic carbocycles. The van der Waals surface area contributed by atoms with Crippen molar-refractivity contribution in [3.63, 3.8) is 0 Å². The topological polar surface area (TPSA) is 91.7 Å². The lowest BCUT2D eigenvalue weighted by atomic mass is 10.0. The molecular formula is C12H16O5. The molecule has 2 atom stereocenters. The second-order valence-corrected chi connectivity index (χ2v) is 4.13. The molecule has 5 nitrogen and oxygen atoms in total. The maximum Gasteiger partial charge on any atom is 0.303 e. The van der Waals surface area contributed by atoms with E-state index < -0.39 is 23.8 Å². The molecule has 17 heavy (non-hydrogen) atoms. The zero-order valence-corrected chi connectivity index (χ0v) is 9.46. The van der Waals surface area contributed by atoms with Gasteiger partial charge in [-0.05, 0) is 19.3 Å². The van der Waals surface area contributed by atoms with Crippen LogP contribution in [0.5, 0.6) is 0 Å². The first kappa shape index (κ1) is 13.6. The summed E-state index contributed by atoms with van der Waals surface area (Å²) in [4.78, 5) is 32.9. The Kier molecular flexibility index (Phi) is 5.03. The number of allylic oxidation sites excluding steroid dienone is 2. The Bertz CT molecular complexity index is 345. The number of carbonyl (C=O) groups excluding carboxylic acids is 2. The number of hydrogen-bond donors (Lipinski definition) is 2. The third-order valence-electron chi connectivity index (χ3n) is 2.75. The lowest BCUT2D eigenvalue weighted by Crippen LogP contribution is -2.19. The summed E-state index contributed by atoms with van der Waals surface area (Å²) >= 11 is 0. The molecule has 0 radical (unpaired) electrons. The molecular weight excluding hydrogens is 224 g/mol. The quantitative estimate of drug-likeness (QED) is 0.405. The maximum atomic E-state index is 11.3. The second-order valence-electron chi connectivity index (χ2n) is 4.13. The number of carboxylic acids is 1. The Hall–Kier alpha value is -1.49. The van der Waals surface area contributed by atoms with Gasteiger partial charge in [0.05, 0.1) is 5.92 Å². The summed E-state index contributed by atoms with van der Waals surface area (Å²) < 4.78 is 0. The summed E-state index contributed by atoms with van der Waals surface area (Å²) in [5.74, 6) is -2.15. The van der Waals surface area contributed by atoms with Crippen molar-refractivity contribution in [3.05, 3.63) is 12.2 Å². The number of carbonyl (C=O) groups is 3. The lowest BCUT2D eigenvalue weighted by molar-refractivity contribution is -0.137. The summed E-state index contributed by atoms with van der Waals surface area (Å²) in [6.07, 6.45) is 3.86. The lowest BCUT2D eigenvalue weighted by Gasteiger charge is -2.02. The van der Waals surface area contributed by atoms with Gasteiger partial charge in [-0.25, -0.2) is 0 Å². The standard InChI is InChI=1S/C12H16O5/c13-9-7-10(14)12(17)8(9)5-3-1-2-4-6-11(15)16/h1,3,8,10,14H,2,4-7H2,(H,15,16)/t8-,10+/m1/s1. The third kappa shape index (κ3) is 4.11. The van der Waals surface area contributed by atoms with E-state index in [4.69, 9.17) is 5.11 Å². The van der Waals surface area contributed by atoms with Crippen LogP contribution in [0.3, 0.4) is 0 Å². The predicted octanol–water partition coefficient (Wildman–Crippen LogP) is 0.707. The molecule has 1 aliphatic rings. The van der Waals surface area contributed by atoms with E-state index in [1.54, 1.807) is 12.2 Å². The van der Waals surface area contributed by atoms with Crippen molar-refractivity contribution in [3.8, 4) is 0 Å². The fourth-order valence-corrected chi connectivity index (χ4v) is 1.79. The number of aliphatic hydroxyl groups excluding tert-OH is 1. The van der Waals surface area contributed by atoms with Crippen LogP contribution in [0, 0.1) is 5.92 Å². The normalized spacial score (nSPS) is 24.8. The van der Waals surface area contributed by atoms with E-state index in [0.717, 1.165) is 0 Å².